The monoisotopic (exact) mass is 292 g/mol. The molecule has 0 aromatic heterocycles. The summed E-state index contributed by atoms with van der Waals surface area (Å²) >= 11 is 0. The summed E-state index contributed by atoms with van der Waals surface area (Å²) in [6.07, 6.45) is 14.6. The van der Waals surface area contributed by atoms with Gasteiger partial charge in [0.25, 0.3) is 0 Å². The molecule has 0 amide bonds. The van der Waals surface area contributed by atoms with E-state index in [1.54, 1.807) is 5.57 Å². The number of hydrogen-bond donors (Lipinski definition) is 0. The molecule has 0 N–H and O–H groups in total. The van der Waals surface area contributed by atoms with Crippen molar-refractivity contribution in [3.05, 3.63) is 41.5 Å². The van der Waals surface area contributed by atoms with Gasteiger partial charge in [0.2, 0.25) is 0 Å². The van der Waals surface area contributed by atoms with E-state index in [1.165, 1.54) is 68.9 Å². The molecule has 2 radical (unpaired) electrons. The standard InChI is InChI=1S/C21H29B/c1-16-7-11-19(12-8-16)21(18-5-3-2-4-6-18)15-17-9-13-20(22)14-10-17/h7-8,11-12,15,17-18,20H,2-6,9-10,13-14H2,1H3/b21-15+. The van der Waals surface area contributed by atoms with Gasteiger partial charge < -0.3 is 0 Å². The van der Waals surface area contributed by atoms with Crippen molar-refractivity contribution in [2.24, 2.45) is 11.8 Å². The minimum atomic E-state index is 0.446. The molecule has 0 aliphatic heterocycles. The summed E-state index contributed by atoms with van der Waals surface area (Å²) in [5.41, 5.74) is 4.46. The topological polar surface area (TPSA) is 0 Å². The highest BCUT2D eigenvalue weighted by molar-refractivity contribution is 6.11. The van der Waals surface area contributed by atoms with Crippen molar-refractivity contribution in [2.45, 2.75) is 70.5 Å². The molecule has 2 aliphatic rings. The van der Waals surface area contributed by atoms with E-state index in [0.29, 0.717) is 5.82 Å². The second-order valence-corrected chi connectivity index (χ2v) is 7.50. The Morgan fingerprint density at radius 1 is 0.909 bits per heavy atom. The first-order chi connectivity index (χ1) is 10.7. The van der Waals surface area contributed by atoms with E-state index in [0.717, 1.165) is 11.8 Å². The van der Waals surface area contributed by atoms with Crippen LogP contribution in [-0.2, 0) is 0 Å². The summed E-state index contributed by atoms with van der Waals surface area (Å²) in [4.78, 5) is 0. The lowest BCUT2D eigenvalue weighted by atomic mass is 9.70. The van der Waals surface area contributed by atoms with E-state index in [4.69, 9.17) is 7.85 Å². The van der Waals surface area contributed by atoms with Gasteiger partial charge in [0, 0.05) is 0 Å². The van der Waals surface area contributed by atoms with Crippen LogP contribution in [0.15, 0.2) is 30.3 Å². The summed E-state index contributed by atoms with van der Waals surface area (Å²) in [7, 11) is 6.08. The predicted octanol–water partition coefficient (Wildman–Crippen LogP) is 6.11. The molecule has 0 spiro atoms. The zero-order valence-corrected chi connectivity index (χ0v) is 14.1. The van der Waals surface area contributed by atoms with Gasteiger partial charge in [-0.05, 0) is 55.6 Å². The van der Waals surface area contributed by atoms with Crippen LogP contribution in [0.2, 0.25) is 5.82 Å². The molecule has 0 heterocycles. The number of rotatable bonds is 3. The van der Waals surface area contributed by atoms with Crippen LogP contribution in [0.3, 0.4) is 0 Å². The van der Waals surface area contributed by atoms with Crippen LogP contribution in [0.25, 0.3) is 5.57 Å². The first kappa shape index (κ1) is 15.9. The minimum Gasteiger partial charge on any atom is -0.0773 e. The molecule has 1 heteroatoms. The summed E-state index contributed by atoms with van der Waals surface area (Å²) in [5.74, 6) is 1.98. The van der Waals surface area contributed by atoms with Gasteiger partial charge in [-0.3, -0.25) is 0 Å². The second kappa shape index (κ2) is 7.53. The maximum atomic E-state index is 6.08. The Bertz CT molecular complexity index is 485. The summed E-state index contributed by atoms with van der Waals surface area (Å²) in [6.45, 7) is 2.18. The average Bonchev–Trinajstić information content (AvgIpc) is 2.56. The average molecular weight is 292 g/mol. The summed E-state index contributed by atoms with van der Waals surface area (Å²) in [6, 6.07) is 9.21. The fourth-order valence-corrected chi connectivity index (χ4v) is 4.19. The highest BCUT2D eigenvalue weighted by Crippen LogP contribution is 2.39. The largest absolute Gasteiger partial charge is 0.0773 e. The second-order valence-electron chi connectivity index (χ2n) is 7.50. The van der Waals surface area contributed by atoms with Crippen LogP contribution >= 0.6 is 0 Å². The minimum absolute atomic E-state index is 0.446. The molecule has 2 saturated carbocycles. The zero-order valence-electron chi connectivity index (χ0n) is 14.1. The maximum Gasteiger partial charge on any atom is 0.0699 e. The third kappa shape index (κ3) is 4.06. The molecule has 116 valence electrons. The van der Waals surface area contributed by atoms with Crippen molar-refractivity contribution in [3.8, 4) is 0 Å². The Morgan fingerprint density at radius 2 is 1.55 bits per heavy atom. The van der Waals surface area contributed by atoms with Gasteiger partial charge in [-0.2, -0.15) is 0 Å². The molecular weight excluding hydrogens is 263 g/mol. The molecule has 1 aromatic rings. The van der Waals surface area contributed by atoms with Crippen LogP contribution in [0.5, 0.6) is 0 Å². The van der Waals surface area contributed by atoms with Crippen molar-refractivity contribution in [2.75, 3.05) is 0 Å². The zero-order chi connectivity index (χ0) is 15.4. The SMILES string of the molecule is [B]C1CCC(/C=C(/c2ccc(C)cc2)C2CCCCC2)CC1. The third-order valence-electron chi connectivity index (χ3n) is 5.66. The van der Waals surface area contributed by atoms with E-state index >= 15 is 0 Å². The predicted molar refractivity (Wildman–Crippen MR) is 97.2 cm³/mol. The lowest BCUT2D eigenvalue weighted by Gasteiger charge is -2.29. The number of hydrogen-bond acceptors (Lipinski definition) is 0. The maximum absolute atomic E-state index is 6.08. The van der Waals surface area contributed by atoms with E-state index < -0.39 is 0 Å². The lowest BCUT2D eigenvalue weighted by molar-refractivity contribution is 0.408. The molecular formula is C21H29B. The molecule has 3 rings (SSSR count). The summed E-state index contributed by atoms with van der Waals surface area (Å²) < 4.78 is 0. The van der Waals surface area contributed by atoms with Crippen LogP contribution < -0.4 is 0 Å². The number of benzene rings is 1. The van der Waals surface area contributed by atoms with E-state index in [9.17, 15) is 0 Å². The molecule has 0 bridgehead atoms. The Hall–Kier alpha value is -0.975. The highest BCUT2D eigenvalue weighted by Gasteiger charge is 2.22. The van der Waals surface area contributed by atoms with Crippen LogP contribution in [-0.4, -0.2) is 7.85 Å². The van der Waals surface area contributed by atoms with E-state index in [1.807, 2.05) is 0 Å². The van der Waals surface area contributed by atoms with Crippen molar-refractivity contribution in [1.82, 2.24) is 0 Å². The Balaban J connectivity index is 1.83. The first-order valence-corrected chi connectivity index (χ1v) is 9.26. The quantitative estimate of drug-likeness (QED) is 0.590. The number of allylic oxidation sites excluding steroid dienone is 2. The Kier molecular flexibility index (Phi) is 5.44. The molecule has 2 aliphatic carbocycles. The van der Waals surface area contributed by atoms with Gasteiger partial charge in [0.15, 0.2) is 0 Å². The fraction of sp³-hybridized carbons (Fsp3) is 0.619. The molecule has 2 fully saturated rings. The fourth-order valence-electron chi connectivity index (χ4n) is 4.19. The van der Waals surface area contributed by atoms with Gasteiger partial charge in [0.1, 0.15) is 0 Å². The molecule has 0 atom stereocenters. The van der Waals surface area contributed by atoms with Crippen molar-refractivity contribution < 1.29 is 0 Å². The lowest BCUT2D eigenvalue weighted by Crippen LogP contribution is -2.13. The Labute approximate surface area is 137 Å². The molecule has 0 saturated heterocycles. The summed E-state index contributed by atoms with van der Waals surface area (Å²) in [5, 5.41) is 0. The van der Waals surface area contributed by atoms with E-state index in [2.05, 4.69) is 37.3 Å². The van der Waals surface area contributed by atoms with Crippen molar-refractivity contribution in [1.29, 1.82) is 0 Å². The van der Waals surface area contributed by atoms with Crippen molar-refractivity contribution >= 4 is 13.4 Å². The van der Waals surface area contributed by atoms with Gasteiger partial charge in [-0.25, -0.2) is 0 Å². The van der Waals surface area contributed by atoms with Crippen LogP contribution in [0.1, 0.15) is 68.9 Å². The molecule has 0 nitrogen and oxygen atoms in total. The van der Waals surface area contributed by atoms with E-state index in [-0.39, 0.29) is 0 Å². The number of aryl methyl sites for hydroxylation is 1. The highest BCUT2D eigenvalue weighted by atomic mass is 14.3. The third-order valence-corrected chi connectivity index (χ3v) is 5.66. The van der Waals surface area contributed by atoms with Gasteiger partial charge in [-0.1, -0.05) is 73.8 Å². The first-order valence-electron chi connectivity index (χ1n) is 9.26. The van der Waals surface area contributed by atoms with Gasteiger partial charge in [-0.15, -0.1) is 0 Å². The van der Waals surface area contributed by atoms with Crippen LogP contribution in [0.4, 0.5) is 0 Å². The van der Waals surface area contributed by atoms with Crippen LogP contribution in [0, 0.1) is 18.8 Å². The molecule has 1 aromatic carbocycles. The molecule has 0 unspecified atom stereocenters. The van der Waals surface area contributed by atoms with Gasteiger partial charge in [0.05, 0.1) is 7.85 Å². The van der Waals surface area contributed by atoms with Gasteiger partial charge >= 0.3 is 0 Å². The normalized spacial score (nSPS) is 27.8. The Morgan fingerprint density at radius 3 is 2.18 bits per heavy atom. The smallest absolute Gasteiger partial charge is 0.0699 e. The molecule has 22 heavy (non-hydrogen) atoms. The van der Waals surface area contributed by atoms with Crippen molar-refractivity contribution in [3.63, 3.8) is 0 Å².